The number of benzene rings is 3. The molecular weight excluding hydrogens is 399 g/mol. The number of nitriles is 1. The lowest BCUT2D eigenvalue weighted by Gasteiger charge is -2.13. The number of nitrogens with zero attached hydrogens (tertiary/aromatic N) is 1. The van der Waals surface area contributed by atoms with Crippen molar-refractivity contribution in [2.75, 3.05) is 10.6 Å². The smallest absolute Gasteiger partial charge is 0.308 e. The van der Waals surface area contributed by atoms with Gasteiger partial charge in [-0.05, 0) is 48.5 Å². The van der Waals surface area contributed by atoms with E-state index in [0.717, 1.165) is 23.9 Å². The number of amides is 2. The molecule has 29 heavy (non-hydrogen) atoms. The highest BCUT2D eigenvalue weighted by Crippen LogP contribution is 2.37. The molecule has 0 spiro atoms. The van der Waals surface area contributed by atoms with Gasteiger partial charge in [0.05, 0.1) is 22.9 Å². The molecule has 0 aliphatic heterocycles. The fraction of sp³-hybridized carbons (Fsp3) is 0.0476. The van der Waals surface area contributed by atoms with Gasteiger partial charge in [0.2, 0.25) is 0 Å². The maximum Gasteiger partial charge on any atom is 0.416 e. The summed E-state index contributed by atoms with van der Waals surface area (Å²) in [6.45, 7) is 0. The molecule has 0 heterocycles. The zero-order valence-corrected chi connectivity index (χ0v) is 15.6. The molecule has 0 aliphatic carbocycles. The summed E-state index contributed by atoms with van der Waals surface area (Å²) < 4.78 is 38.9. The molecule has 0 aromatic heterocycles. The minimum atomic E-state index is -4.45. The number of alkyl halides is 3. The molecule has 4 nitrogen and oxygen atoms in total. The highest BCUT2D eigenvalue weighted by atomic mass is 32.2. The van der Waals surface area contributed by atoms with Crippen LogP contribution in [-0.2, 0) is 6.18 Å². The van der Waals surface area contributed by atoms with Crippen molar-refractivity contribution in [3.05, 3.63) is 83.9 Å². The van der Waals surface area contributed by atoms with Gasteiger partial charge in [-0.15, -0.1) is 0 Å². The van der Waals surface area contributed by atoms with E-state index in [9.17, 15) is 18.0 Å². The van der Waals surface area contributed by atoms with Gasteiger partial charge in [0.1, 0.15) is 0 Å². The summed E-state index contributed by atoms with van der Waals surface area (Å²) >= 11 is 1.06. The van der Waals surface area contributed by atoms with Crippen LogP contribution in [0.15, 0.2) is 82.6 Å². The lowest BCUT2D eigenvalue weighted by atomic mass is 10.2. The lowest BCUT2D eigenvalue weighted by molar-refractivity contribution is -0.137. The predicted molar refractivity (Wildman–Crippen MR) is 106 cm³/mol. The Morgan fingerprint density at radius 2 is 1.69 bits per heavy atom. The molecule has 0 bridgehead atoms. The molecule has 0 saturated carbocycles. The van der Waals surface area contributed by atoms with Crippen molar-refractivity contribution in [2.45, 2.75) is 16.0 Å². The number of urea groups is 1. The highest BCUT2D eigenvalue weighted by Gasteiger charge is 2.30. The van der Waals surface area contributed by atoms with Crippen LogP contribution in [0.3, 0.4) is 0 Å². The first-order valence-electron chi connectivity index (χ1n) is 8.37. The minimum Gasteiger partial charge on any atom is -0.308 e. The van der Waals surface area contributed by atoms with E-state index in [2.05, 4.69) is 10.6 Å². The van der Waals surface area contributed by atoms with Crippen molar-refractivity contribution in [1.82, 2.24) is 0 Å². The Morgan fingerprint density at radius 1 is 0.931 bits per heavy atom. The summed E-state index contributed by atoms with van der Waals surface area (Å²) in [5.74, 6) is 0. The molecule has 3 rings (SSSR count). The van der Waals surface area contributed by atoms with Crippen LogP contribution in [0.4, 0.5) is 29.3 Å². The summed E-state index contributed by atoms with van der Waals surface area (Å²) in [5, 5.41) is 14.4. The number of carbonyl (C=O) groups is 1. The Morgan fingerprint density at radius 3 is 2.38 bits per heavy atom. The van der Waals surface area contributed by atoms with Crippen LogP contribution in [0.2, 0.25) is 0 Å². The monoisotopic (exact) mass is 413 g/mol. The second-order valence-electron chi connectivity index (χ2n) is 5.90. The number of para-hydroxylation sites is 1. The number of carbonyl (C=O) groups excluding carboxylic acids is 1. The van der Waals surface area contributed by atoms with Crippen molar-refractivity contribution in [2.24, 2.45) is 0 Å². The molecule has 2 amide bonds. The first-order chi connectivity index (χ1) is 13.8. The number of hydrogen-bond acceptors (Lipinski definition) is 3. The average Bonchev–Trinajstić information content (AvgIpc) is 2.69. The number of nitrogens with one attached hydrogen (secondary N) is 2. The van der Waals surface area contributed by atoms with Gasteiger partial charge in [-0.25, -0.2) is 4.79 Å². The summed E-state index contributed by atoms with van der Waals surface area (Å²) in [6, 6.07) is 19.7. The molecule has 0 fully saturated rings. The number of rotatable bonds is 4. The summed E-state index contributed by atoms with van der Waals surface area (Å²) in [4.78, 5) is 13.2. The molecule has 3 aromatic carbocycles. The fourth-order valence-corrected chi connectivity index (χ4v) is 3.40. The quantitative estimate of drug-likeness (QED) is 0.522. The highest BCUT2D eigenvalue weighted by molar-refractivity contribution is 7.99. The van der Waals surface area contributed by atoms with Gasteiger partial charge in [-0.2, -0.15) is 18.4 Å². The molecular formula is C21H14F3N3OS. The molecule has 2 N–H and O–H groups in total. The van der Waals surface area contributed by atoms with Gasteiger partial charge in [0.25, 0.3) is 0 Å². The molecule has 3 aromatic rings. The van der Waals surface area contributed by atoms with Crippen LogP contribution in [0.25, 0.3) is 0 Å². The Bertz CT molecular complexity index is 1060. The van der Waals surface area contributed by atoms with Gasteiger partial charge in [0, 0.05) is 15.5 Å². The first kappa shape index (κ1) is 20.3. The van der Waals surface area contributed by atoms with Gasteiger partial charge >= 0.3 is 12.2 Å². The summed E-state index contributed by atoms with van der Waals surface area (Å²) in [7, 11) is 0. The Kier molecular flexibility index (Phi) is 6.10. The lowest BCUT2D eigenvalue weighted by Crippen LogP contribution is -2.19. The normalized spacial score (nSPS) is 10.8. The number of halogens is 3. The van der Waals surface area contributed by atoms with Crippen LogP contribution < -0.4 is 10.6 Å². The average molecular weight is 413 g/mol. The van der Waals surface area contributed by atoms with Crippen LogP contribution in [0.5, 0.6) is 0 Å². The van der Waals surface area contributed by atoms with Crippen LogP contribution >= 0.6 is 11.8 Å². The molecule has 0 radical (unpaired) electrons. The van der Waals surface area contributed by atoms with Crippen molar-refractivity contribution in [1.29, 1.82) is 5.26 Å². The van der Waals surface area contributed by atoms with E-state index in [1.165, 1.54) is 18.2 Å². The standard InChI is InChI=1S/C21H14F3N3OS/c22-21(23,24)15-5-4-8-17(12-15)29-19-10-9-14(13-25)11-18(19)27-20(28)26-16-6-2-1-3-7-16/h1-12H,(H2,26,27,28). The largest absolute Gasteiger partial charge is 0.416 e. The number of anilines is 2. The third-order valence-electron chi connectivity index (χ3n) is 3.78. The SMILES string of the molecule is N#Cc1ccc(Sc2cccc(C(F)(F)F)c2)c(NC(=O)Nc2ccccc2)c1. The van der Waals surface area contributed by atoms with Crippen LogP contribution in [-0.4, -0.2) is 6.03 Å². The molecule has 0 unspecified atom stereocenters. The van der Waals surface area contributed by atoms with Crippen LogP contribution in [0, 0.1) is 11.3 Å². The van der Waals surface area contributed by atoms with E-state index in [0.29, 0.717) is 26.7 Å². The third kappa shape index (κ3) is 5.53. The zero-order valence-electron chi connectivity index (χ0n) is 14.8. The maximum atomic E-state index is 13.0. The van der Waals surface area contributed by atoms with Crippen molar-refractivity contribution >= 4 is 29.2 Å². The molecule has 0 saturated heterocycles. The van der Waals surface area contributed by atoms with Gasteiger partial charge in [0.15, 0.2) is 0 Å². The first-order valence-corrected chi connectivity index (χ1v) is 9.19. The summed E-state index contributed by atoms with van der Waals surface area (Å²) in [6.07, 6.45) is -4.45. The number of hydrogen-bond donors (Lipinski definition) is 2. The fourth-order valence-electron chi connectivity index (χ4n) is 2.46. The Hall–Kier alpha value is -3.44. The topological polar surface area (TPSA) is 64.9 Å². The second kappa shape index (κ2) is 8.71. The minimum absolute atomic E-state index is 0.313. The van der Waals surface area contributed by atoms with Gasteiger partial charge < -0.3 is 10.6 Å². The van der Waals surface area contributed by atoms with Crippen LogP contribution in [0.1, 0.15) is 11.1 Å². The van der Waals surface area contributed by atoms with E-state index in [1.807, 2.05) is 12.1 Å². The van der Waals surface area contributed by atoms with Crippen molar-refractivity contribution in [3.8, 4) is 6.07 Å². The second-order valence-corrected chi connectivity index (χ2v) is 7.01. The molecule has 146 valence electrons. The zero-order chi connectivity index (χ0) is 20.9. The summed E-state index contributed by atoms with van der Waals surface area (Å²) in [5.41, 5.74) is 0.453. The van der Waals surface area contributed by atoms with E-state index in [4.69, 9.17) is 5.26 Å². The van der Waals surface area contributed by atoms with Crippen molar-refractivity contribution < 1.29 is 18.0 Å². The van der Waals surface area contributed by atoms with Crippen molar-refractivity contribution in [3.63, 3.8) is 0 Å². The van der Waals surface area contributed by atoms with E-state index in [1.54, 1.807) is 36.4 Å². The third-order valence-corrected chi connectivity index (χ3v) is 4.84. The van der Waals surface area contributed by atoms with E-state index < -0.39 is 17.8 Å². The van der Waals surface area contributed by atoms with Gasteiger partial charge in [-0.3, -0.25) is 0 Å². The molecule has 8 heteroatoms. The Labute approximate surface area is 169 Å². The molecule has 0 atom stereocenters. The maximum absolute atomic E-state index is 13.0. The Balaban J connectivity index is 1.84. The van der Waals surface area contributed by atoms with E-state index in [-0.39, 0.29) is 0 Å². The van der Waals surface area contributed by atoms with Gasteiger partial charge in [-0.1, -0.05) is 36.0 Å². The predicted octanol–water partition coefficient (Wildman–Crippen LogP) is 6.37. The molecule has 0 aliphatic rings. The van der Waals surface area contributed by atoms with E-state index >= 15 is 0 Å².